The molecule has 0 aliphatic rings. The molecule has 0 aliphatic carbocycles. The number of aromatic nitrogens is 4. The number of ether oxygens (including phenoxy) is 1. The summed E-state index contributed by atoms with van der Waals surface area (Å²) in [5, 5.41) is 16.5. The quantitative estimate of drug-likeness (QED) is 0.338. The minimum absolute atomic E-state index is 0.256. The van der Waals surface area contributed by atoms with Gasteiger partial charge in [0, 0.05) is 5.02 Å². The Bertz CT molecular complexity index is 1280. The highest BCUT2D eigenvalue weighted by Gasteiger charge is 2.14. The molecule has 2 heterocycles. The molecule has 4 aromatic rings. The minimum atomic E-state index is 0.256. The van der Waals surface area contributed by atoms with Gasteiger partial charge >= 0.3 is 0 Å². The first kappa shape index (κ1) is 22.8. The lowest BCUT2D eigenvalue weighted by atomic mass is 10.1. The number of hydrogen-bond acceptors (Lipinski definition) is 4. The lowest BCUT2D eigenvalue weighted by Gasteiger charge is -2.11. The summed E-state index contributed by atoms with van der Waals surface area (Å²) in [6, 6.07) is 15.6. The van der Waals surface area contributed by atoms with Gasteiger partial charge in [-0.25, -0.2) is 4.68 Å². The minimum Gasteiger partial charge on any atom is -0.471 e. The van der Waals surface area contributed by atoms with E-state index in [0.29, 0.717) is 22.4 Å². The molecule has 0 atom stereocenters. The fraction of sp³-hybridized carbons (Fsp3) is 0.208. The van der Waals surface area contributed by atoms with Crippen LogP contribution in [0.4, 0.5) is 11.4 Å². The summed E-state index contributed by atoms with van der Waals surface area (Å²) in [5.41, 5.74) is 6.04. The zero-order valence-corrected chi connectivity index (χ0v) is 20.2. The van der Waals surface area contributed by atoms with Gasteiger partial charge in [0.25, 0.3) is 0 Å². The Labute approximate surface area is 203 Å². The van der Waals surface area contributed by atoms with Gasteiger partial charge in [0.2, 0.25) is 0 Å². The van der Waals surface area contributed by atoms with Crippen molar-refractivity contribution in [1.82, 2.24) is 19.6 Å². The Hall–Kier alpha value is -3.36. The average Bonchev–Trinajstić information content (AvgIpc) is 3.33. The largest absolute Gasteiger partial charge is 0.471 e. The third-order valence-electron chi connectivity index (χ3n) is 5.25. The van der Waals surface area contributed by atoms with Crippen molar-refractivity contribution in [2.24, 2.45) is 0 Å². The highest BCUT2D eigenvalue weighted by molar-refractivity contribution is 7.80. The van der Waals surface area contributed by atoms with Crippen LogP contribution >= 0.6 is 23.8 Å². The van der Waals surface area contributed by atoms with E-state index in [0.717, 1.165) is 22.8 Å². The molecule has 0 saturated heterocycles. The number of rotatable bonds is 7. The van der Waals surface area contributed by atoms with Gasteiger partial charge < -0.3 is 15.4 Å². The predicted octanol–water partition coefficient (Wildman–Crippen LogP) is 5.55. The van der Waals surface area contributed by atoms with Crippen LogP contribution in [-0.2, 0) is 13.3 Å². The van der Waals surface area contributed by atoms with Crippen LogP contribution in [0.25, 0.3) is 0 Å². The van der Waals surface area contributed by atoms with E-state index >= 15 is 0 Å². The molecule has 0 fully saturated rings. The van der Waals surface area contributed by atoms with E-state index in [4.69, 9.17) is 33.7 Å². The van der Waals surface area contributed by atoms with E-state index in [1.165, 1.54) is 11.1 Å². The van der Waals surface area contributed by atoms with Crippen molar-refractivity contribution in [3.05, 3.63) is 88.5 Å². The van der Waals surface area contributed by atoms with Crippen LogP contribution in [0.2, 0.25) is 5.02 Å². The van der Waals surface area contributed by atoms with E-state index in [-0.39, 0.29) is 6.73 Å². The molecule has 2 N–H and O–H groups in total. The van der Waals surface area contributed by atoms with Gasteiger partial charge in [0.1, 0.15) is 5.75 Å². The molecule has 33 heavy (non-hydrogen) atoms. The molecular weight excluding hydrogens is 456 g/mol. The Morgan fingerprint density at radius 2 is 1.91 bits per heavy atom. The summed E-state index contributed by atoms with van der Waals surface area (Å²) >= 11 is 11.5. The van der Waals surface area contributed by atoms with Gasteiger partial charge in [-0.1, -0.05) is 41.9 Å². The van der Waals surface area contributed by atoms with E-state index in [2.05, 4.69) is 34.8 Å². The van der Waals surface area contributed by atoms with Crippen molar-refractivity contribution < 1.29 is 4.74 Å². The zero-order chi connectivity index (χ0) is 23.4. The van der Waals surface area contributed by atoms with Crippen molar-refractivity contribution in [3.8, 4) is 5.75 Å². The molecule has 2 aromatic carbocycles. The fourth-order valence-electron chi connectivity index (χ4n) is 3.45. The van der Waals surface area contributed by atoms with E-state index in [1.807, 2.05) is 49.0 Å². The normalized spacial score (nSPS) is 10.8. The van der Waals surface area contributed by atoms with Gasteiger partial charge in [0.05, 0.1) is 41.7 Å². The fourth-order valence-corrected chi connectivity index (χ4v) is 3.85. The predicted molar refractivity (Wildman–Crippen MR) is 136 cm³/mol. The SMILES string of the molecule is Cc1ccccc1Cn1nc(C)c(NC(=S)Nc2cnn(COc3cccc(Cl)c3)c2)c1C. The molecule has 0 amide bonds. The second kappa shape index (κ2) is 10.1. The van der Waals surface area contributed by atoms with Crippen LogP contribution in [0.15, 0.2) is 60.9 Å². The molecule has 0 unspecified atom stereocenters. The van der Waals surface area contributed by atoms with Crippen molar-refractivity contribution in [2.75, 3.05) is 10.6 Å². The maximum atomic E-state index is 5.99. The van der Waals surface area contributed by atoms with Crippen LogP contribution in [-0.4, -0.2) is 24.7 Å². The van der Waals surface area contributed by atoms with Crippen LogP contribution < -0.4 is 15.4 Å². The van der Waals surface area contributed by atoms with Gasteiger partial charge in [-0.15, -0.1) is 0 Å². The summed E-state index contributed by atoms with van der Waals surface area (Å²) in [4.78, 5) is 0. The smallest absolute Gasteiger partial charge is 0.180 e. The zero-order valence-electron chi connectivity index (χ0n) is 18.7. The van der Waals surface area contributed by atoms with Gasteiger partial charge in [-0.05, 0) is 62.3 Å². The maximum absolute atomic E-state index is 5.99. The van der Waals surface area contributed by atoms with Crippen molar-refractivity contribution >= 4 is 40.3 Å². The van der Waals surface area contributed by atoms with E-state index < -0.39 is 0 Å². The number of benzene rings is 2. The summed E-state index contributed by atoms with van der Waals surface area (Å²) in [6.45, 7) is 7.08. The van der Waals surface area contributed by atoms with Crippen LogP contribution in [0, 0.1) is 20.8 Å². The Kier molecular flexibility index (Phi) is 6.96. The van der Waals surface area contributed by atoms with Gasteiger partial charge in [-0.3, -0.25) is 4.68 Å². The van der Waals surface area contributed by atoms with Crippen LogP contribution in [0.3, 0.4) is 0 Å². The van der Waals surface area contributed by atoms with Crippen molar-refractivity contribution in [2.45, 2.75) is 34.0 Å². The summed E-state index contributed by atoms with van der Waals surface area (Å²) in [6.07, 6.45) is 3.51. The number of hydrogen-bond donors (Lipinski definition) is 2. The standard InChI is InChI=1S/C24H25ClN6OS/c1-16-7-4-5-8-19(16)13-31-18(3)23(17(2)29-31)28-24(33)27-21-12-26-30(14-21)15-32-22-10-6-9-20(25)11-22/h4-12,14H,13,15H2,1-3H3,(H2,27,28,33). The highest BCUT2D eigenvalue weighted by atomic mass is 35.5. The number of halogens is 1. The van der Waals surface area contributed by atoms with Crippen molar-refractivity contribution in [1.29, 1.82) is 0 Å². The number of nitrogens with zero attached hydrogens (tertiary/aromatic N) is 4. The molecular formula is C24H25ClN6OS. The lowest BCUT2D eigenvalue weighted by molar-refractivity contribution is 0.221. The Balaban J connectivity index is 1.36. The molecule has 7 nitrogen and oxygen atoms in total. The Morgan fingerprint density at radius 3 is 2.70 bits per heavy atom. The third-order valence-corrected chi connectivity index (χ3v) is 5.69. The van der Waals surface area contributed by atoms with E-state index in [1.54, 1.807) is 23.0 Å². The van der Waals surface area contributed by atoms with Crippen molar-refractivity contribution in [3.63, 3.8) is 0 Å². The number of anilines is 2. The number of aryl methyl sites for hydroxylation is 2. The van der Waals surface area contributed by atoms with Gasteiger partial charge in [-0.2, -0.15) is 10.2 Å². The first-order valence-electron chi connectivity index (χ1n) is 10.5. The van der Waals surface area contributed by atoms with Gasteiger partial charge in [0.15, 0.2) is 11.8 Å². The molecule has 9 heteroatoms. The molecule has 0 saturated carbocycles. The highest BCUT2D eigenvalue weighted by Crippen LogP contribution is 2.22. The molecule has 0 radical (unpaired) electrons. The molecule has 0 aliphatic heterocycles. The van der Waals surface area contributed by atoms with Crippen LogP contribution in [0.5, 0.6) is 5.75 Å². The summed E-state index contributed by atoms with van der Waals surface area (Å²) in [7, 11) is 0. The van der Waals surface area contributed by atoms with Crippen LogP contribution in [0.1, 0.15) is 22.5 Å². The van der Waals surface area contributed by atoms with E-state index in [9.17, 15) is 0 Å². The Morgan fingerprint density at radius 1 is 1.09 bits per heavy atom. The lowest BCUT2D eigenvalue weighted by Crippen LogP contribution is -2.19. The second-order valence-electron chi connectivity index (χ2n) is 7.71. The summed E-state index contributed by atoms with van der Waals surface area (Å²) < 4.78 is 9.37. The molecule has 4 rings (SSSR count). The number of nitrogens with one attached hydrogen (secondary N) is 2. The average molecular weight is 481 g/mol. The second-order valence-corrected chi connectivity index (χ2v) is 8.55. The summed E-state index contributed by atoms with van der Waals surface area (Å²) in [5.74, 6) is 0.679. The number of thiocarbonyl (C=S) groups is 1. The molecule has 0 spiro atoms. The molecule has 2 aromatic heterocycles. The molecule has 170 valence electrons. The molecule has 0 bridgehead atoms. The first-order chi connectivity index (χ1) is 15.9. The monoisotopic (exact) mass is 480 g/mol. The third kappa shape index (κ3) is 5.71. The topological polar surface area (TPSA) is 68.9 Å². The first-order valence-corrected chi connectivity index (χ1v) is 11.2. The maximum Gasteiger partial charge on any atom is 0.180 e.